The summed E-state index contributed by atoms with van der Waals surface area (Å²) in [6.45, 7) is 0. The number of amides is 1. The minimum Gasteiger partial charge on any atom is -0.278 e. The van der Waals surface area contributed by atoms with E-state index in [2.05, 4.69) is 25.9 Å². The molecule has 0 aromatic carbocycles. The van der Waals surface area contributed by atoms with Crippen molar-refractivity contribution in [2.75, 3.05) is 0 Å². The van der Waals surface area contributed by atoms with Crippen molar-refractivity contribution in [3.63, 3.8) is 0 Å². The molecule has 0 fully saturated rings. The van der Waals surface area contributed by atoms with E-state index in [1.54, 1.807) is 18.4 Å². The summed E-state index contributed by atoms with van der Waals surface area (Å²) < 4.78 is 0.848. The van der Waals surface area contributed by atoms with Gasteiger partial charge in [0.2, 0.25) is 0 Å². The van der Waals surface area contributed by atoms with E-state index in [4.69, 9.17) is 0 Å². The number of carbonyl (C=O) groups excluding carboxylic acids is 1. The van der Waals surface area contributed by atoms with Gasteiger partial charge in [0, 0.05) is 16.8 Å². The Hall–Kier alpha value is -1.03. The highest BCUT2D eigenvalue weighted by atomic mass is 79.9. The number of fused-ring (bicyclic) bond motifs is 1. The molecule has 0 aliphatic carbocycles. The first-order valence-electron chi connectivity index (χ1n) is 3.47. The molecule has 0 N–H and O–H groups in total. The van der Waals surface area contributed by atoms with Gasteiger partial charge in [-0.3, -0.25) is 9.79 Å². The Labute approximate surface area is 77.7 Å². The fourth-order valence-electron chi connectivity index (χ4n) is 1.08. The van der Waals surface area contributed by atoms with Crippen molar-refractivity contribution in [3.05, 3.63) is 22.7 Å². The first-order valence-corrected chi connectivity index (χ1v) is 4.26. The Morgan fingerprint density at radius 2 is 2.33 bits per heavy atom. The smallest absolute Gasteiger partial charge is 0.269 e. The average molecular weight is 225 g/mol. The summed E-state index contributed by atoms with van der Waals surface area (Å²) in [4.78, 5) is 18.8. The van der Waals surface area contributed by atoms with Gasteiger partial charge >= 0.3 is 0 Å². The predicted octanol–water partition coefficient (Wildman–Crippen LogP) is 1.26. The van der Waals surface area contributed by atoms with E-state index in [0.29, 0.717) is 5.71 Å². The minimum atomic E-state index is -0.213. The van der Waals surface area contributed by atoms with E-state index in [1.165, 1.54) is 6.08 Å². The van der Waals surface area contributed by atoms with Crippen LogP contribution in [0.15, 0.2) is 32.7 Å². The van der Waals surface area contributed by atoms with Crippen LogP contribution in [0.3, 0.4) is 0 Å². The number of hydrogen-bond acceptors (Lipinski definition) is 2. The molecule has 0 bridgehead atoms. The molecule has 0 spiro atoms. The van der Waals surface area contributed by atoms with Gasteiger partial charge in [0.1, 0.15) is 6.04 Å². The van der Waals surface area contributed by atoms with Crippen LogP contribution in [-0.2, 0) is 4.79 Å². The summed E-state index contributed by atoms with van der Waals surface area (Å²) >= 11 is 3.27. The van der Waals surface area contributed by atoms with Crippen molar-refractivity contribution in [3.8, 4) is 0 Å². The molecule has 0 radical (unpaired) electrons. The Morgan fingerprint density at radius 3 is 3.17 bits per heavy atom. The molecular weight excluding hydrogens is 220 g/mol. The Kier molecular flexibility index (Phi) is 1.77. The van der Waals surface area contributed by atoms with Gasteiger partial charge in [-0.15, -0.1) is 0 Å². The average Bonchev–Trinajstić information content (AvgIpc) is 2.03. The third-order valence-corrected chi connectivity index (χ3v) is 2.04. The topological polar surface area (TPSA) is 41.8 Å². The Morgan fingerprint density at radius 1 is 1.50 bits per heavy atom. The standard InChI is InChI=1S/C8H5BrN2O/c9-5-3-7-6(10-4-5)1-2-8(12)11-7/h1-4,6H. The van der Waals surface area contributed by atoms with E-state index in [0.717, 1.165) is 4.48 Å². The molecule has 2 rings (SSSR count). The van der Waals surface area contributed by atoms with E-state index in [-0.39, 0.29) is 11.9 Å². The van der Waals surface area contributed by atoms with Crippen molar-refractivity contribution in [2.24, 2.45) is 9.98 Å². The maximum absolute atomic E-state index is 10.9. The molecule has 4 heteroatoms. The lowest BCUT2D eigenvalue weighted by Gasteiger charge is -2.14. The Balaban J connectivity index is 2.40. The highest BCUT2D eigenvalue weighted by molar-refractivity contribution is 9.12. The molecule has 0 aromatic heterocycles. The number of halogens is 1. The lowest BCUT2D eigenvalue weighted by Crippen LogP contribution is -2.22. The summed E-state index contributed by atoms with van der Waals surface area (Å²) in [5.41, 5.74) is 0.705. The van der Waals surface area contributed by atoms with Gasteiger partial charge < -0.3 is 0 Å². The van der Waals surface area contributed by atoms with E-state index < -0.39 is 0 Å². The van der Waals surface area contributed by atoms with Gasteiger partial charge in [-0.2, -0.15) is 0 Å². The van der Waals surface area contributed by atoms with Gasteiger partial charge in [-0.05, 0) is 28.1 Å². The maximum Gasteiger partial charge on any atom is 0.269 e. The first kappa shape index (κ1) is 7.61. The van der Waals surface area contributed by atoms with Gasteiger partial charge in [-0.1, -0.05) is 0 Å². The van der Waals surface area contributed by atoms with Crippen molar-refractivity contribution in [1.29, 1.82) is 0 Å². The monoisotopic (exact) mass is 224 g/mol. The zero-order valence-corrected chi connectivity index (χ0v) is 7.65. The summed E-state index contributed by atoms with van der Waals surface area (Å²) in [6.07, 6.45) is 6.71. The van der Waals surface area contributed by atoms with Crippen LogP contribution in [-0.4, -0.2) is 23.9 Å². The summed E-state index contributed by atoms with van der Waals surface area (Å²) in [5.74, 6) is -0.213. The number of carbonyl (C=O) groups is 1. The normalized spacial score (nSPS) is 26.4. The van der Waals surface area contributed by atoms with Crippen LogP contribution in [0, 0.1) is 0 Å². The molecule has 3 nitrogen and oxygen atoms in total. The van der Waals surface area contributed by atoms with Crippen LogP contribution in [0.5, 0.6) is 0 Å². The molecule has 1 unspecified atom stereocenters. The third-order valence-electron chi connectivity index (χ3n) is 1.61. The van der Waals surface area contributed by atoms with Crippen molar-refractivity contribution < 1.29 is 4.79 Å². The maximum atomic E-state index is 10.9. The minimum absolute atomic E-state index is 0.0657. The molecule has 12 heavy (non-hydrogen) atoms. The fourth-order valence-corrected chi connectivity index (χ4v) is 1.43. The predicted molar refractivity (Wildman–Crippen MR) is 50.9 cm³/mol. The molecule has 1 atom stereocenters. The third kappa shape index (κ3) is 1.30. The lowest BCUT2D eigenvalue weighted by atomic mass is 10.1. The van der Waals surface area contributed by atoms with E-state index in [9.17, 15) is 4.79 Å². The highest BCUT2D eigenvalue weighted by Gasteiger charge is 2.17. The summed E-state index contributed by atoms with van der Waals surface area (Å²) in [5, 5.41) is 0. The number of nitrogens with zero attached hydrogens (tertiary/aromatic N) is 2. The second-order valence-corrected chi connectivity index (χ2v) is 3.40. The second-order valence-electron chi connectivity index (χ2n) is 2.49. The van der Waals surface area contributed by atoms with Crippen LogP contribution in [0.4, 0.5) is 0 Å². The SMILES string of the molecule is O=C1C=CC2N=CC(Br)=CC2=N1. The first-order chi connectivity index (χ1) is 5.75. The summed E-state index contributed by atoms with van der Waals surface area (Å²) in [7, 11) is 0. The molecule has 0 aromatic rings. The van der Waals surface area contributed by atoms with E-state index >= 15 is 0 Å². The zero-order chi connectivity index (χ0) is 8.55. The molecule has 0 saturated heterocycles. The number of hydrogen-bond donors (Lipinski definition) is 0. The number of dihydropyridines is 2. The van der Waals surface area contributed by atoms with Gasteiger partial charge in [0.05, 0.1) is 5.71 Å². The molecule has 2 aliphatic rings. The fraction of sp³-hybridized carbons (Fsp3) is 0.125. The van der Waals surface area contributed by atoms with Crippen LogP contribution in [0.1, 0.15) is 0 Å². The molecule has 1 amide bonds. The van der Waals surface area contributed by atoms with Crippen molar-refractivity contribution >= 4 is 33.8 Å². The number of allylic oxidation sites excluding steroid dienone is 1. The Bertz CT molecular complexity index is 352. The van der Waals surface area contributed by atoms with E-state index in [1.807, 2.05) is 0 Å². The molecule has 2 heterocycles. The second kappa shape index (κ2) is 2.79. The van der Waals surface area contributed by atoms with Crippen molar-refractivity contribution in [2.45, 2.75) is 6.04 Å². The molecule has 2 aliphatic heterocycles. The van der Waals surface area contributed by atoms with Gasteiger partial charge in [-0.25, -0.2) is 4.99 Å². The highest BCUT2D eigenvalue weighted by Crippen LogP contribution is 2.15. The van der Waals surface area contributed by atoms with Crippen LogP contribution in [0.25, 0.3) is 0 Å². The summed E-state index contributed by atoms with van der Waals surface area (Å²) in [6, 6.07) is -0.0657. The van der Waals surface area contributed by atoms with Crippen LogP contribution < -0.4 is 0 Å². The quantitative estimate of drug-likeness (QED) is 0.611. The molecule has 60 valence electrons. The van der Waals surface area contributed by atoms with Gasteiger partial charge in [0.15, 0.2) is 0 Å². The van der Waals surface area contributed by atoms with Crippen LogP contribution >= 0.6 is 15.9 Å². The number of aliphatic imine (C=N–C) groups is 2. The number of rotatable bonds is 0. The largest absolute Gasteiger partial charge is 0.278 e. The molecular formula is C8H5BrN2O. The van der Waals surface area contributed by atoms with Gasteiger partial charge in [0.25, 0.3) is 5.91 Å². The van der Waals surface area contributed by atoms with Crippen LogP contribution in [0.2, 0.25) is 0 Å². The molecule has 0 saturated carbocycles. The zero-order valence-electron chi connectivity index (χ0n) is 6.07. The van der Waals surface area contributed by atoms with Crippen molar-refractivity contribution in [1.82, 2.24) is 0 Å². The lowest BCUT2D eigenvalue weighted by molar-refractivity contribution is -0.113.